The van der Waals surface area contributed by atoms with Crippen LogP contribution in [-0.4, -0.2) is 30.4 Å². The van der Waals surface area contributed by atoms with Gasteiger partial charge in [0.15, 0.2) is 0 Å². The van der Waals surface area contributed by atoms with E-state index in [1.165, 1.54) is 5.56 Å². The van der Waals surface area contributed by atoms with E-state index in [2.05, 4.69) is 46.7 Å². The number of nitrogens with one attached hydrogen (secondary N) is 2. The van der Waals surface area contributed by atoms with Crippen LogP contribution in [-0.2, 0) is 4.79 Å². The Morgan fingerprint density at radius 1 is 0.967 bits per heavy atom. The zero-order valence-corrected chi connectivity index (χ0v) is 16.8. The van der Waals surface area contributed by atoms with Crippen molar-refractivity contribution in [1.82, 2.24) is 5.32 Å². The lowest BCUT2D eigenvalue weighted by molar-refractivity contribution is -0.117. The fraction of sp³-hybridized carbons (Fsp3) is 0.200. The largest absolute Gasteiger partial charge is 0.356 e. The molecule has 5 rings (SSSR count). The summed E-state index contributed by atoms with van der Waals surface area (Å²) in [5, 5.41) is 6.08. The van der Waals surface area contributed by atoms with Crippen LogP contribution in [0, 0.1) is 6.92 Å². The minimum atomic E-state index is -0.242. The van der Waals surface area contributed by atoms with Gasteiger partial charge in [0.2, 0.25) is 5.91 Å². The third-order valence-electron chi connectivity index (χ3n) is 5.94. The summed E-state index contributed by atoms with van der Waals surface area (Å²) in [7, 11) is 0. The number of aryl methyl sites for hydroxylation is 1. The molecule has 2 aliphatic rings. The molecule has 1 saturated heterocycles. The van der Waals surface area contributed by atoms with E-state index in [0.717, 1.165) is 22.5 Å². The van der Waals surface area contributed by atoms with Crippen molar-refractivity contribution in [3.8, 4) is 11.1 Å². The average molecular weight is 397 g/mol. The number of hydrogen-bond acceptors (Lipinski definition) is 3. The van der Waals surface area contributed by atoms with Gasteiger partial charge in [-0.3, -0.25) is 9.59 Å². The van der Waals surface area contributed by atoms with Gasteiger partial charge in [-0.25, -0.2) is 0 Å². The lowest BCUT2D eigenvalue weighted by Gasteiger charge is -2.32. The van der Waals surface area contributed by atoms with Crippen molar-refractivity contribution in [2.24, 2.45) is 0 Å². The van der Waals surface area contributed by atoms with Crippen molar-refractivity contribution in [3.05, 3.63) is 83.9 Å². The zero-order chi connectivity index (χ0) is 20.7. The van der Waals surface area contributed by atoms with Crippen LogP contribution < -0.4 is 15.5 Å². The van der Waals surface area contributed by atoms with E-state index in [9.17, 15) is 9.59 Å². The van der Waals surface area contributed by atoms with E-state index < -0.39 is 0 Å². The highest BCUT2D eigenvalue weighted by molar-refractivity contribution is 6.04. The molecule has 0 radical (unpaired) electrons. The summed E-state index contributed by atoms with van der Waals surface area (Å²) in [5.74, 6) is -0.114. The number of para-hydroxylation sites is 2. The second-order valence-electron chi connectivity index (χ2n) is 8.02. The first-order valence-electron chi connectivity index (χ1n) is 10.2. The molecule has 2 N–H and O–H groups in total. The molecule has 30 heavy (non-hydrogen) atoms. The Hall–Kier alpha value is -3.60. The monoisotopic (exact) mass is 397 g/mol. The van der Waals surface area contributed by atoms with Crippen LogP contribution in [0.5, 0.6) is 0 Å². The Morgan fingerprint density at radius 3 is 2.37 bits per heavy atom. The van der Waals surface area contributed by atoms with E-state index in [0.29, 0.717) is 18.5 Å². The molecule has 0 spiro atoms. The summed E-state index contributed by atoms with van der Waals surface area (Å²) in [6, 6.07) is 23.5. The molecule has 0 aliphatic carbocycles. The molecule has 5 heteroatoms. The molecule has 0 saturated carbocycles. The van der Waals surface area contributed by atoms with Crippen molar-refractivity contribution in [2.75, 3.05) is 16.8 Å². The second kappa shape index (κ2) is 7.34. The van der Waals surface area contributed by atoms with E-state index >= 15 is 0 Å². The maximum Gasteiger partial charge on any atom is 0.251 e. The number of hydrogen-bond donors (Lipinski definition) is 2. The Labute approximate surface area is 175 Å². The number of carbonyl (C=O) groups excluding carboxylic acids is 2. The number of nitrogens with zero attached hydrogens (tertiary/aromatic N) is 1. The summed E-state index contributed by atoms with van der Waals surface area (Å²) < 4.78 is 0. The summed E-state index contributed by atoms with van der Waals surface area (Å²) >= 11 is 0. The molecular weight excluding hydrogens is 374 g/mol. The van der Waals surface area contributed by atoms with E-state index in [-0.39, 0.29) is 23.9 Å². The average Bonchev–Trinajstić information content (AvgIpc) is 3.19. The highest BCUT2D eigenvalue weighted by Gasteiger charge is 2.41. The van der Waals surface area contributed by atoms with Crippen LogP contribution in [0.4, 0.5) is 11.4 Å². The highest BCUT2D eigenvalue weighted by atomic mass is 16.2. The van der Waals surface area contributed by atoms with Crippen LogP contribution in [0.2, 0.25) is 0 Å². The summed E-state index contributed by atoms with van der Waals surface area (Å²) in [4.78, 5) is 27.4. The molecule has 5 nitrogen and oxygen atoms in total. The molecule has 150 valence electrons. The second-order valence-corrected chi connectivity index (χ2v) is 8.02. The number of fused-ring (bicyclic) bond motifs is 3. The van der Waals surface area contributed by atoms with Gasteiger partial charge in [0.1, 0.15) is 6.04 Å². The predicted molar refractivity (Wildman–Crippen MR) is 119 cm³/mol. The summed E-state index contributed by atoms with van der Waals surface area (Å²) in [5.41, 5.74) is 5.90. The first kappa shape index (κ1) is 18.4. The molecule has 2 heterocycles. The molecule has 0 aromatic heterocycles. The molecule has 2 unspecified atom stereocenters. The molecule has 2 atom stereocenters. The Bertz CT molecular complexity index is 1110. The van der Waals surface area contributed by atoms with Crippen LogP contribution in [0.25, 0.3) is 11.1 Å². The Kier molecular flexibility index (Phi) is 4.51. The topological polar surface area (TPSA) is 61.4 Å². The van der Waals surface area contributed by atoms with Crippen molar-refractivity contribution >= 4 is 23.2 Å². The Balaban J connectivity index is 1.28. The minimum Gasteiger partial charge on any atom is -0.356 e. The molecule has 3 aromatic rings. The van der Waals surface area contributed by atoms with Crippen molar-refractivity contribution in [3.63, 3.8) is 0 Å². The molecule has 1 fully saturated rings. The third-order valence-corrected chi connectivity index (χ3v) is 5.94. The van der Waals surface area contributed by atoms with Crippen molar-refractivity contribution in [1.29, 1.82) is 0 Å². The van der Waals surface area contributed by atoms with Crippen LogP contribution in [0.3, 0.4) is 0 Å². The quantitative estimate of drug-likeness (QED) is 0.703. The fourth-order valence-corrected chi connectivity index (χ4v) is 4.33. The smallest absolute Gasteiger partial charge is 0.251 e. The third kappa shape index (κ3) is 3.32. The molecule has 3 aromatic carbocycles. The van der Waals surface area contributed by atoms with E-state index in [4.69, 9.17) is 0 Å². The van der Waals surface area contributed by atoms with Gasteiger partial charge in [-0.05, 0) is 48.7 Å². The number of amides is 2. The van der Waals surface area contributed by atoms with Crippen molar-refractivity contribution in [2.45, 2.75) is 25.4 Å². The van der Waals surface area contributed by atoms with Gasteiger partial charge in [0, 0.05) is 18.2 Å². The molecule has 2 aliphatic heterocycles. The first-order valence-corrected chi connectivity index (χ1v) is 10.2. The molecule has 2 amide bonds. The standard InChI is InChI=1S/C25H23N3O2/c1-16-6-8-17(9-7-16)18-10-12-19(13-11-18)24(29)26-20-14-23-25(30)27-21-4-2-3-5-22(21)28(23)15-20/h2-13,20,23H,14-15H2,1H3,(H,26,29)(H,27,30). The lowest BCUT2D eigenvalue weighted by Crippen LogP contribution is -2.44. The van der Waals surface area contributed by atoms with Gasteiger partial charge in [-0.2, -0.15) is 0 Å². The van der Waals surface area contributed by atoms with E-state index in [1.54, 1.807) is 0 Å². The number of rotatable bonds is 3. The maximum absolute atomic E-state index is 12.8. The normalized spacial score (nSPS) is 19.6. The van der Waals surface area contributed by atoms with Gasteiger partial charge in [0.05, 0.1) is 11.4 Å². The lowest BCUT2D eigenvalue weighted by atomic mass is 10.0. The first-order chi connectivity index (χ1) is 14.6. The fourth-order valence-electron chi connectivity index (χ4n) is 4.33. The van der Waals surface area contributed by atoms with Crippen molar-refractivity contribution < 1.29 is 9.59 Å². The minimum absolute atomic E-state index is 0.00657. The maximum atomic E-state index is 12.8. The summed E-state index contributed by atoms with van der Waals surface area (Å²) in [6.45, 7) is 2.69. The SMILES string of the molecule is Cc1ccc(-c2ccc(C(=O)NC3CC4C(=O)Nc5ccccc5N4C3)cc2)cc1. The van der Waals surface area contributed by atoms with Gasteiger partial charge in [-0.15, -0.1) is 0 Å². The van der Waals surface area contributed by atoms with Gasteiger partial charge in [0.25, 0.3) is 5.91 Å². The van der Waals surface area contributed by atoms with Crippen LogP contribution in [0.1, 0.15) is 22.3 Å². The highest BCUT2D eigenvalue weighted by Crippen LogP contribution is 2.36. The number of carbonyl (C=O) groups is 2. The van der Waals surface area contributed by atoms with Crippen LogP contribution in [0.15, 0.2) is 72.8 Å². The van der Waals surface area contributed by atoms with Gasteiger partial charge >= 0.3 is 0 Å². The summed E-state index contributed by atoms with van der Waals surface area (Å²) in [6.07, 6.45) is 0.605. The van der Waals surface area contributed by atoms with Crippen LogP contribution >= 0.6 is 0 Å². The number of benzene rings is 3. The molecule has 0 bridgehead atoms. The predicted octanol–water partition coefficient (Wildman–Crippen LogP) is 3.99. The van der Waals surface area contributed by atoms with Gasteiger partial charge < -0.3 is 15.5 Å². The van der Waals surface area contributed by atoms with Gasteiger partial charge in [-0.1, -0.05) is 54.1 Å². The Morgan fingerprint density at radius 2 is 1.63 bits per heavy atom. The molecular formula is C25H23N3O2. The van der Waals surface area contributed by atoms with E-state index in [1.807, 2.05) is 48.5 Å². The number of anilines is 2. The zero-order valence-electron chi connectivity index (χ0n) is 16.8.